The zero-order valence-corrected chi connectivity index (χ0v) is 13.1. The molecule has 1 unspecified atom stereocenters. The topological polar surface area (TPSA) is 32.3 Å². The van der Waals surface area contributed by atoms with Gasteiger partial charge in [-0.2, -0.15) is 11.8 Å². The van der Waals surface area contributed by atoms with Crippen LogP contribution in [-0.2, 0) is 0 Å². The smallest absolute Gasteiger partial charge is 0.0521 e. The van der Waals surface area contributed by atoms with E-state index < -0.39 is 0 Å². The second-order valence-corrected chi connectivity index (χ2v) is 8.34. The zero-order chi connectivity index (χ0) is 13.3. The van der Waals surface area contributed by atoms with E-state index in [9.17, 15) is 0 Å². The van der Waals surface area contributed by atoms with E-state index in [4.69, 9.17) is 5.11 Å². The summed E-state index contributed by atoms with van der Waals surface area (Å²) < 4.78 is 0. The second kappa shape index (κ2) is 5.95. The molecule has 1 atom stereocenters. The van der Waals surface area contributed by atoms with Crippen LogP contribution in [0.3, 0.4) is 0 Å². The van der Waals surface area contributed by atoms with Gasteiger partial charge < -0.3 is 10.4 Å². The van der Waals surface area contributed by atoms with Crippen molar-refractivity contribution in [3.05, 3.63) is 0 Å². The van der Waals surface area contributed by atoms with E-state index in [0.29, 0.717) is 18.1 Å². The molecule has 0 spiro atoms. The van der Waals surface area contributed by atoms with E-state index in [1.165, 1.54) is 44.3 Å². The van der Waals surface area contributed by atoms with Gasteiger partial charge in [0.15, 0.2) is 0 Å². The molecule has 0 aliphatic heterocycles. The van der Waals surface area contributed by atoms with Crippen LogP contribution in [0.25, 0.3) is 0 Å². The van der Waals surface area contributed by atoms with Gasteiger partial charge in [-0.15, -0.1) is 0 Å². The van der Waals surface area contributed by atoms with Crippen LogP contribution in [0.4, 0.5) is 0 Å². The Labute approximate surface area is 122 Å². The molecule has 2 N–H and O–H groups in total. The summed E-state index contributed by atoms with van der Waals surface area (Å²) in [6, 6.07) is 0.683. The molecule has 0 amide bonds. The number of thioether (sulfide) groups is 1. The molecule has 0 saturated heterocycles. The fourth-order valence-corrected chi connectivity index (χ4v) is 6.57. The summed E-state index contributed by atoms with van der Waals surface area (Å²) in [7, 11) is 0. The number of aliphatic hydroxyl groups excluding tert-OH is 1. The largest absolute Gasteiger partial charge is 0.396 e. The zero-order valence-electron chi connectivity index (χ0n) is 12.2. The fourth-order valence-electron chi connectivity index (χ4n) is 5.57. The number of rotatable bonds is 7. The summed E-state index contributed by atoms with van der Waals surface area (Å²) in [5.41, 5.74) is 0.604. The van der Waals surface area contributed by atoms with Gasteiger partial charge in [-0.3, -0.25) is 0 Å². The van der Waals surface area contributed by atoms with Crippen LogP contribution in [0, 0.1) is 23.2 Å². The van der Waals surface area contributed by atoms with E-state index in [1.807, 2.05) is 11.8 Å². The van der Waals surface area contributed by atoms with Crippen molar-refractivity contribution in [2.24, 2.45) is 23.2 Å². The Morgan fingerprint density at radius 1 is 1.16 bits per heavy atom. The van der Waals surface area contributed by atoms with Crippen LogP contribution in [-0.4, -0.2) is 35.8 Å². The third-order valence-corrected chi connectivity index (χ3v) is 6.84. The predicted molar refractivity (Wildman–Crippen MR) is 82.5 cm³/mol. The van der Waals surface area contributed by atoms with Gasteiger partial charge in [-0.1, -0.05) is 6.92 Å². The average molecular weight is 283 g/mol. The summed E-state index contributed by atoms with van der Waals surface area (Å²) in [4.78, 5) is 0. The molecule has 4 aliphatic carbocycles. The van der Waals surface area contributed by atoms with Gasteiger partial charge in [0.1, 0.15) is 0 Å². The first-order valence-corrected chi connectivity index (χ1v) is 9.33. The third kappa shape index (κ3) is 2.84. The van der Waals surface area contributed by atoms with Gasteiger partial charge in [0.05, 0.1) is 6.61 Å². The molecule has 110 valence electrons. The highest BCUT2D eigenvalue weighted by molar-refractivity contribution is 7.99. The Morgan fingerprint density at radius 3 is 2.21 bits per heavy atom. The summed E-state index contributed by atoms with van der Waals surface area (Å²) in [6.07, 6.45) is 9.04. The van der Waals surface area contributed by atoms with Crippen molar-refractivity contribution >= 4 is 11.8 Å². The molecule has 4 fully saturated rings. The molecule has 4 aliphatic rings. The maximum atomic E-state index is 9.00. The Balaban J connectivity index is 1.69. The third-order valence-electron chi connectivity index (χ3n) is 5.80. The van der Waals surface area contributed by atoms with Crippen LogP contribution in [0.15, 0.2) is 0 Å². The van der Waals surface area contributed by atoms with Crippen LogP contribution in [0.1, 0.15) is 45.4 Å². The van der Waals surface area contributed by atoms with E-state index in [1.54, 1.807) is 0 Å². The molecule has 19 heavy (non-hydrogen) atoms. The summed E-state index contributed by atoms with van der Waals surface area (Å²) in [5, 5.41) is 12.8. The van der Waals surface area contributed by atoms with Crippen LogP contribution in [0.5, 0.6) is 0 Å². The van der Waals surface area contributed by atoms with E-state index in [2.05, 4.69) is 12.2 Å². The summed E-state index contributed by atoms with van der Waals surface area (Å²) in [6.45, 7) is 3.65. The lowest BCUT2D eigenvalue weighted by Crippen LogP contribution is -2.56. The first-order chi connectivity index (χ1) is 9.25. The highest BCUT2D eigenvalue weighted by Gasteiger charge is 2.53. The average Bonchev–Trinajstić information content (AvgIpc) is 2.36. The maximum absolute atomic E-state index is 9.00. The first kappa shape index (κ1) is 14.2. The van der Waals surface area contributed by atoms with Crippen molar-refractivity contribution in [2.75, 3.05) is 24.7 Å². The second-order valence-electron chi connectivity index (χ2n) is 7.19. The molecule has 2 nitrogen and oxygen atoms in total. The van der Waals surface area contributed by atoms with Gasteiger partial charge in [-0.25, -0.2) is 0 Å². The normalized spacial score (nSPS) is 41.7. The molecule has 0 heterocycles. The minimum Gasteiger partial charge on any atom is -0.396 e. The molecule has 0 radical (unpaired) electrons. The molecule has 3 heteroatoms. The number of hydrogen-bond acceptors (Lipinski definition) is 3. The van der Waals surface area contributed by atoms with Crippen LogP contribution < -0.4 is 5.32 Å². The fraction of sp³-hybridized carbons (Fsp3) is 1.00. The molecule has 4 rings (SSSR count). The number of hydrogen-bond donors (Lipinski definition) is 2. The highest BCUT2D eigenvalue weighted by Crippen LogP contribution is 2.61. The lowest BCUT2D eigenvalue weighted by molar-refractivity contribution is -0.0691. The molecule has 0 aromatic rings. The Hall–Kier alpha value is 0.270. The van der Waals surface area contributed by atoms with Crippen molar-refractivity contribution in [1.29, 1.82) is 0 Å². The summed E-state index contributed by atoms with van der Waals surface area (Å²) in [5.74, 6) is 5.20. The van der Waals surface area contributed by atoms with Crippen molar-refractivity contribution in [3.63, 3.8) is 0 Å². The predicted octanol–water partition coefficient (Wildman–Crippen LogP) is 2.91. The molecule has 0 aromatic heterocycles. The lowest BCUT2D eigenvalue weighted by atomic mass is 9.48. The Bertz CT molecular complexity index is 272. The molecular weight excluding hydrogens is 254 g/mol. The summed E-state index contributed by atoms with van der Waals surface area (Å²) >= 11 is 1.94. The Kier molecular flexibility index (Phi) is 4.45. The van der Waals surface area contributed by atoms with Crippen molar-refractivity contribution in [2.45, 2.75) is 51.5 Å². The van der Waals surface area contributed by atoms with Crippen molar-refractivity contribution < 1.29 is 5.11 Å². The van der Waals surface area contributed by atoms with E-state index in [0.717, 1.165) is 30.1 Å². The molecule has 0 aromatic carbocycles. The minimum absolute atomic E-state index is 0.324. The highest BCUT2D eigenvalue weighted by atomic mass is 32.2. The Morgan fingerprint density at radius 2 is 1.74 bits per heavy atom. The molecule has 4 saturated carbocycles. The van der Waals surface area contributed by atoms with Gasteiger partial charge in [0, 0.05) is 17.5 Å². The van der Waals surface area contributed by atoms with E-state index in [-0.39, 0.29) is 0 Å². The quantitative estimate of drug-likeness (QED) is 0.705. The van der Waals surface area contributed by atoms with Gasteiger partial charge >= 0.3 is 0 Å². The minimum atomic E-state index is 0.324. The standard InChI is InChI=1S/C16H29NOS/c1-2-17-15(11-19-4-3-18)16-8-12-5-13(9-16)7-14(6-12)10-16/h12-15,17-18H,2-11H2,1H3. The van der Waals surface area contributed by atoms with Gasteiger partial charge in [0.2, 0.25) is 0 Å². The SMILES string of the molecule is CCNC(CSCCO)C12CC3CC(CC(C3)C1)C2. The maximum Gasteiger partial charge on any atom is 0.0521 e. The monoisotopic (exact) mass is 283 g/mol. The van der Waals surface area contributed by atoms with Crippen LogP contribution in [0.2, 0.25) is 0 Å². The number of aliphatic hydroxyl groups is 1. The number of nitrogens with one attached hydrogen (secondary N) is 1. The molecular formula is C16H29NOS. The van der Waals surface area contributed by atoms with Crippen molar-refractivity contribution in [1.82, 2.24) is 5.32 Å². The first-order valence-electron chi connectivity index (χ1n) is 8.17. The van der Waals surface area contributed by atoms with Crippen LogP contribution >= 0.6 is 11.8 Å². The van der Waals surface area contributed by atoms with Gasteiger partial charge in [0.25, 0.3) is 0 Å². The molecule has 4 bridgehead atoms. The van der Waals surface area contributed by atoms with E-state index >= 15 is 0 Å². The lowest BCUT2D eigenvalue weighted by Gasteiger charge is -2.59. The van der Waals surface area contributed by atoms with Gasteiger partial charge in [-0.05, 0) is 68.2 Å². The van der Waals surface area contributed by atoms with Crippen molar-refractivity contribution in [3.8, 4) is 0 Å².